The number of benzene rings is 2. The van der Waals surface area contributed by atoms with Gasteiger partial charge in [-0.2, -0.15) is 0 Å². The summed E-state index contributed by atoms with van der Waals surface area (Å²) < 4.78 is 15.9. The summed E-state index contributed by atoms with van der Waals surface area (Å²) in [5, 5.41) is 3.91. The van der Waals surface area contributed by atoms with E-state index in [1.807, 2.05) is 19.1 Å². The van der Waals surface area contributed by atoms with Gasteiger partial charge >= 0.3 is 5.97 Å². The molecule has 0 heterocycles. The Morgan fingerprint density at radius 1 is 0.880 bits per heavy atom. The molecule has 6 heteroatoms. The van der Waals surface area contributed by atoms with Gasteiger partial charge in [-0.05, 0) is 38.1 Å². The van der Waals surface area contributed by atoms with Gasteiger partial charge in [0.1, 0.15) is 0 Å². The SMILES string of the molecule is COc1cc(C(C)=NOC(=O)c2ccc(C)cc2)cc(OC)c1OC. The number of carbonyl (C=O) groups excluding carboxylic acids is 1. The van der Waals surface area contributed by atoms with E-state index in [1.165, 1.54) is 21.3 Å². The summed E-state index contributed by atoms with van der Waals surface area (Å²) in [6, 6.07) is 10.5. The molecule has 0 aliphatic heterocycles. The average molecular weight is 343 g/mol. The second-order valence-electron chi connectivity index (χ2n) is 5.34. The monoisotopic (exact) mass is 343 g/mol. The van der Waals surface area contributed by atoms with Crippen LogP contribution < -0.4 is 14.2 Å². The van der Waals surface area contributed by atoms with E-state index in [4.69, 9.17) is 19.0 Å². The predicted octanol–water partition coefficient (Wildman–Crippen LogP) is 3.60. The highest BCUT2D eigenvalue weighted by molar-refractivity contribution is 6.00. The van der Waals surface area contributed by atoms with Crippen molar-refractivity contribution < 1.29 is 23.8 Å². The fourth-order valence-corrected chi connectivity index (χ4v) is 2.19. The maximum absolute atomic E-state index is 12.0. The van der Waals surface area contributed by atoms with Crippen molar-refractivity contribution in [1.82, 2.24) is 0 Å². The van der Waals surface area contributed by atoms with Crippen molar-refractivity contribution in [2.75, 3.05) is 21.3 Å². The quantitative estimate of drug-likeness (QED) is 0.455. The number of methoxy groups -OCH3 is 3. The lowest BCUT2D eigenvalue weighted by Crippen LogP contribution is -2.05. The van der Waals surface area contributed by atoms with Crippen LogP contribution >= 0.6 is 0 Å². The Balaban J connectivity index is 2.24. The molecule has 0 spiro atoms. The van der Waals surface area contributed by atoms with Gasteiger partial charge in [0.05, 0.1) is 32.6 Å². The Morgan fingerprint density at radius 3 is 1.92 bits per heavy atom. The first-order chi connectivity index (χ1) is 12.0. The third-order valence-corrected chi connectivity index (χ3v) is 3.64. The van der Waals surface area contributed by atoms with Gasteiger partial charge in [0.25, 0.3) is 0 Å². The summed E-state index contributed by atoms with van der Waals surface area (Å²) >= 11 is 0. The molecule has 0 aromatic heterocycles. The molecule has 0 saturated carbocycles. The number of carbonyl (C=O) groups is 1. The second-order valence-corrected chi connectivity index (χ2v) is 5.34. The molecule has 132 valence electrons. The number of oxime groups is 1. The molecule has 2 aromatic carbocycles. The Labute approximate surface area is 147 Å². The number of aryl methyl sites for hydroxylation is 1. The van der Waals surface area contributed by atoms with Gasteiger partial charge in [-0.1, -0.05) is 22.9 Å². The van der Waals surface area contributed by atoms with Gasteiger partial charge in [0.2, 0.25) is 5.75 Å². The molecule has 0 saturated heterocycles. The summed E-state index contributed by atoms with van der Waals surface area (Å²) in [5.74, 6) is 0.956. The van der Waals surface area contributed by atoms with E-state index in [9.17, 15) is 4.79 Å². The van der Waals surface area contributed by atoms with E-state index >= 15 is 0 Å². The molecule has 0 fully saturated rings. The zero-order valence-electron chi connectivity index (χ0n) is 15.0. The smallest absolute Gasteiger partial charge is 0.365 e. The van der Waals surface area contributed by atoms with Gasteiger partial charge in [-0.15, -0.1) is 0 Å². The van der Waals surface area contributed by atoms with Crippen LogP contribution in [0.3, 0.4) is 0 Å². The normalized spacial score (nSPS) is 11.0. The number of hydrogen-bond donors (Lipinski definition) is 0. The second kappa shape index (κ2) is 8.19. The van der Waals surface area contributed by atoms with Crippen LogP contribution in [0.4, 0.5) is 0 Å². The van der Waals surface area contributed by atoms with Crippen LogP contribution in [0.5, 0.6) is 17.2 Å². The van der Waals surface area contributed by atoms with Crippen LogP contribution in [-0.2, 0) is 4.84 Å². The molecule has 0 radical (unpaired) electrons. The molecule has 0 aliphatic carbocycles. The standard InChI is InChI=1S/C19H21NO5/c1-12-6-8-14(9-7-12)19(21)25-20-13(2)15-10-16(22-3)18(24-5)17(11-15)23-4/h6-11H,1-5H3. The van der Waals surface area contributed by atoms with Crippen molar-refractivity contribution in [1.29, 1.82) is 0 Å². The highest BCUT2D eigenvalue weighted by atomic mass is 16.7. The van der Waals surface area contributed by atoms with Gasteiger partial charge in [-0.25, -0.2) is 4.79 Å². The molecule has 0 N–H and O–H groups in total. The van der Waals surface area contributed by atoms with Crippen LogP contribution in [0.2, 0.25) is 0 Å². The van der Waals surface area contributed by atoms with Gasteiger partial charge in [0, 0.05) is 5.56 Å². The molecule has 0 atom stereocenters. The molecular weight excluding hydrogens is 322 g/mol. The fraction of sp³-hybridized carbons (Fsp3) is 0.263. The summed E-state index contributed by atoms with van der Waals surface area (Å²) in [7, 11) is 4.60. The van der Waals surface area contributed by atoms with Gasteiger partial charge in [-0.3, -0.25) is 0 Å². The van der Waals surface area contributed by atoms with Crippen molar-refractivity contribution in [3.05, 3.63) is 53.1 Å². The summed E-state index contributed by atoms with van der Waals surface area (Å²) in [4.78, 5) is 17.1. The predicted molar refractivity (Wildman–Crippen MR) is 94.9 cm³/mol. The maximum atomic E-state index is 12.0. The minimum Gasteiger partial charge on any atom is -0.493 e. The molecule has 0 amide bonds. The van der Waals surface area contributed by atoms with E-state index < -0.39 is 5.97 Å². The van der Waals surface area contributed by atoms with Crippen LogP contribution in [-0.4, -0.2) is 33.0 Å². The lowest BCUT2D eigenvalue weighted by molar-refractivity contribution is 0.0516. The number of rotatable bonds is 6. The van der Waals surface area contributed by atoms with Crippen molar-refractivity contribution in [2.24, 2.45) is 5.16 Å². The van der Waals surface area contributed by atoms with E-state index in [-0.39, 0.29) is 0 Å². The molecule has 0 aliphatic rings. The zero-order chi connectivity index (χ0) is 18.4. The Hall–Kier alpha value is -3.02. The van der Waals surface area contributed by atoms with Gasteiger partial charge in [0.15, 0.2) is 11.5 Å². The van der Waals surface area contributed by atoms with E-state index in [2.05, 4.69) is 5.16 Å². The van der Waals surface area contributed by atoms with E-state index in [0.717, 1.165) is 5.56 Å². The highest BCUT2D eigenvalue weighted by Crippen LogP contribution is 2.38. The minimum atomic E-state index is -0.521. The van der Waals surface area contributed by atoms with Crippen molar-refractivity contribution in [2.45, 2.75) is 13.8 Å². The summed E-state index contributed by atoms with van der Waals surface area (Å²) in [6.07, 6.45) is 0. The lowest BCUT2D eigenvalue weighted by atomic mass is 10.1. The summed E-state index contributed by atoms with van der Waals surface area (Å²) in [6.45, 7) is 3.67. The number of ether oxygens (including phenoxy) is 3. The molecule has 2 rings (SSSR count). The molecule has 6 nitrogen and oxygen atoms in total. The third-order valence-electron chi connectivity index (χ3n) is 3.64. The molecule has 2 aromatic rings. The zero-order valence-corrected chi connectivity index (χ0v) is 15.0. The first-order valence-electron chi connectivity index (χ1n) is 7.63. The van der Waals surface area contributed by atoms with E-state index in [1.54, 1.807) is 31.2 Å². The summed E-state index contributed by atoms with van der Waals surface area (Å²) in [5.41, 5.74) is 2.69. The van der Waals surface area contributed by atoms with Gasteiger partial charge < -0.3 is 19.0 Å². The molecule has 0 bridgehead atoms. The van der Waals surface area contributed by atoms with Crippen LogP contribution in [0.1, 0.15) is 28.4 Å². The largest absolute Gasteiger partial charge is 0.493 e. The van der Waals surface area contributed by atoms with Crippen molar-refractivity contribution >= 4 is 11.7 Å². The van der Waals surface area contributed by atoms with Crippen molar-refractivity contribution in [3.63, 3.8) is 0 Å². The highest BCUT2D eigenvalue weighted by Gasteiger charge is 2.15. The Kier molecular flexibility index (Phi) is 6.00. The fourth-order valence-electron chi connectivity index (χ4n) is 2.19. The molecule has 25 heavy (non-hydrogen) atoms. The van der Waals surface area contributed by atoms with E-state index in [0.29, 0.717) is 34.1 Å². The van der Waals surface area contributed by atoms with Crippen LogP contribution in [0.25, 0.3) is 0 Å². The average Bonchev–Trinajstić information content (AvgIpc) is 2.64. The van der Waals surface area contributed by atoms with Crippen molar-refractivity contribution in [3.8, 4) is 17.2 Å². The van der Waals surface area contributed by atoms with Crippen LogP contribution in [0, 0.1) is 6.92 Å². The van der Waals surface area contributed by atoms with Crippen LogP contribution in [0.15, 0.2) is 41.6 Å². The topological polar surface area (TPSA) is 66.4 Å². The first-order valence-corrected chi connectivity index (χ1v) is 7.63. The Morgan fingerprint density at radius 2 is 1.44 bits per heavy atom. The molecular formula is C19H21NO5. The first kappa shape index (κ1) is 18.3. The molecule has 0 unspecified atom stereocenters. The third kappa shape index (κ3) is 4.29. The Bertz CT molecular complexity index is 756. The maximum Gasteiger partial charge on any atom is 0.365 e. The minimum absolute atomic E-state index is 0.437. The number of nitrogens with zero attached hydrogens (tertiary/aromatic N) is 1. The lowest BCUT2D eigenvalue weighted by Gasteiger charge is -2.13. The number of hydrogen-bond acceptors (Lipinski definition) is 6.